The number of hydroxylamine groups is 1. The lowest BCUT2D eigenvalue weighted by Gasteiger charge is -2.39. The molecule has 2 aliphatic heterocycles. The van der Waals surface area contributed by atoms with Crippen molar-refractivity contribution in [2.45, 2.75) is 19.5 Å². The van der Waals surface area contributed by atoms with Gasteiger partial charge in [-0.3, -0.25) is 14.8 Å². The monoisotopic (exact) mass is 438 g/mol. The number of carbonyl (C=O) groups excluding carboxylic acids is 3. The lowest BCUT2D eigenvalue weighted by Crippen LogP contribution is -2.54. The fourth-order valence-electron chi connectivity index (χ4n) is 4.12. The molecule has 4 rings (SSSR count). The van der Waals surface area contributed by atoms with E-state index in [1.165, 1.54) is 6.92 Å². The molecule has 2 N–H and O–H groups in total. The van der Waals surface area contributed by atoms with Crippen molar-refractivity contribution in [2.24, 2.45) is 0 Å². The Bertz CT molecular complexity index is 1000. The quantitative estimate of drug-likeness (QED) is 0.552. The zero-order chi connectivity index (χ0) is 22.7. The van der Waals surface area contributed by atoms with E-state index >= 15 is 0 Å². The molecular formula is C23H26N4O5. The summed E-state index contributed by atoms with van der Waals surface area (Å²) in [5.74, 6) is -0.112. The first kappa shape index (κ1) is 21.6. The first-order valence-electron chi connectivity index (χ1n) is 10.5. The van der Waals surface area contributed by atoms with Crippen LogP contribution in [0.3, 0.4) is 0 Å². The summed E-state index contributed by atoms with van der Waals surface area (Å²) in [5.41, 5.74) is 3.61. The van der Waals surface area contributed by atoms with Gasteiger partial charge >= 0.3 is 6.03 Å². The number of rotatable bonds is 2. The van der Waals surface area contributed by atoms with Gasteiger partial charge in [-0.1, -0.05) is 36.4 Å². The summed E-state index contributed by atoms with van der Waals surface area (Å²) < 4.78 is 6.04. The van der Waals surface area contributed by atoms with Crippen LogP contribution in [0.1, 0.15) is 34.5 Å². The SMILES string of the molecule is CC(=O)N1CCN(C(=O)N2Cc3ccc(C(=O)NO)cc3OC[C@@H]2c2ccccc2)CC1. The van der Waals surface area contributed by atoms with Crippen molar-refractivity contribution in [3.8, 4) is 5.75 Å². The zero-order valence-corrected chi connectivity index (χ0v) is 17.9. The minimum Gasteiger partial charge on any atom is -0.491 e. The van der Waals surface area contributed by atoms with Crippen LogP contribution in [0.2, 0.25) is 0 Å². The molecule has 4 amide bonds. The van der Waals surface area contributed by atoms with Gasteiger partial charge in [0.25, 0.3) is 5.91 Å². The molecule has 0 unspecified atom stereocenters. The first-order chi connectivity index (χ1) is 15.5. The predicted octanol–water partition coefficient (Wildman–Crippen LogP) is 2.03. The van der Waals surface area contributed by atoms with Crippen molar-refractivity contribution in [2.75, 3.05) is 32.8 Å². The van der Waals surface area contributed by atoms with Gasteiger partial charge in [0.15, 0.2) is 0 Å². The minimum absolute atomic E-state index is 0.0130. The maximum absolute atomic E-state index is 13.6. The molecule has 2 aromatic rings. The summed E-state index contributed by atoms with van der Waals surface area (Å²) in [7, 11) is 0. The maximum atomic E-state index is 13.6. The molecule has 9 heteroatoms. The molecule has 1 atom stereocenters. The van der Waals surface area contributed by atoms with Gasteiger partial charge in [0, 0.05) is 44.2 Å². The highest BCUT2D eigenvalue weighted by molar-refractivity contribution is 5.93. The number of nitrogens with zero attached hydrogens (tertiary/aromatic N) is 3. The third-order valence-corrected chi connectivity index (χ3v) is 5.97. The van der Waals surface area contributed by atoms with E-state index in [9.17, 15) is 14.4 Å². The number of amides is 4. The number of nitrogens with one attached hydrogen (secondary N) is 1. The zero-order valence-electron chi connectivity index (χ0n) is 17.9. The number of piperazine rings is 1. The van der Waals surface area contributed by atoms with E-state index < -0.39 is 5.91 Å². The van der Waals surface area contributed by atoms with Gasteiger partial charge in [-0.2, -0.15) is 0 Å². The number of benzene rings is 2. The van der Waals surface area contributed by atoms with Crippen LogP contribution in [0.4, 0.5) is 4.79 Å². The standard InChI is InChI=1S/C23H26N4O5/c1-16(28)25-9-11-26(12-10-25)23(30)27-14-19-8-7-18(22(29)24-31)13-21(19)32-15-20(27)17-5-3-2-4-6-17/h2-8,13,20,31H,9-12,14-15H2,1H3,(H,24,29)/t20-/m1/s1. The second-order valence-corrected chi connectivity index (χ2v) is 7.90. The van der Waals surface area contributed by atoms with Gasteiger partial charge in [-0.15, -0.1) is 0 Å². The number of urea groups is 1. The smallest absolute Gasteiger partial charge is 0.321 e. The van der Waals surface area contributed by atoms with E-state index in [1.54, 1.807) is 38.4 Å². The van der Waals surface area contributed by atoms with Crippen molar-refractivity contribution in [3.05, 3.63) is 65.2 Å². The Morgan fingerprint density at radius 1 is 1.00 bits per heavy atom. The van der Waals surface area contributed by atoms with Crippen LogP contribution in [0.15, 0.2) is 48.5 Å². The molecular weight excluding hydrogens is 412 g/mol. The number of fused-ring (bicyclic) bond motifs is 1. The number of hydrogen-bond acceptors (Lipinski definition) is 5. The van der Waals surface area contributed by atoms with Crippen molar-refractivity contribution < 1.29 is 24.3 Å². The molecule has 0 radical (unpaired) electrons. The molecule has 168 valence electrons. The summed E-state index contributed by atoms with van der Waals surface area (Å²) in [6.45, 7) is 4.04. The molecule has 0 aliphatic carbocycles. The van der Waals surface area contributed by atoms with Gasteiger partial charge in [0.2, 0.25) is 5.91 Å². The topological polar surface area (TPSA) is 102 Å². The summed E-state index contributed by atoms with van der Waals surface area (Å²) in [5, 5.41) is 8.93. The van der Waals surface area contributed by atoms with E-state index in [-0.39, 0.29) is 30.2 Å². The van der Waals surface area contributed by atoms with E-state index in [4.69, 9.17) is 9.94 Å². The van der Waals surface area contributed by atoms with Crippen molar-refractivity contribution in [1.82, 2.24) is 20.2 Å². The van der Waals surface area contributed by atoms with E-state index in [1.807, 2.05) is 30.3 Å². The van der Waals surface area contributed by atoms with E-state index in [0.29, 0.717) is 38.5 Å². The molecule has 0 spiro atoms. The first-order valence-corrected chi connectivity index (χ1v) is 10.5. The number of hydrogen-bond donors (Lipinski definition) is 2. The Hall–Kier alpha value is -3.59. The Balaban J connectivity index is 1.63. The van der Waals surface area contributed by atoms with Gasteiger partial charge in [0.1, 0.15) is 12.4 Å². The van der Waals surface area contributed by atoms with E-state index in [2.05, 4.69) is 0 Å². The molecule has 32 heavy (non-hydrogen) atoms. The Labute approximate surface area is 186 Å². The molecule has 1 fully saturated rings. The van der Waals surface area contributed by atoms with Crippen molar-refractivity contribution in [3.63, 3.8) is 0 Å². The van der Waals surface area contributed by atoms with Crippen LogP contribution in [0.25, 0.3) is 0 Å². The molecule has 2 aromatic carbocycles. The second-order valence-electron chi connectivity index (χ2n) is 7.90. The summed E-state index contributed by atoms with van der Waals surface area (Å²) in [6.07, 6.45) is 0. The van der Waals surface area contributed by atoms with Crippen LogP contribution in [-0.4, -0.2) is 70.5 Å². The molecule has 0 bridgehead atoms. The van der Waals surface area contributed by atoms with Crippen LogP contribution < -0.4 is 10.2 Å². The van der Waals surface area contributed by atoms with Crippen LogP contribution >= 0.6 is 0 Å². The molecule has 9 nitrogen and oxygen atoms in total. The predicted molar refractivity (Wildman–Crippen MR) is 115 cm³/mol. The average molecular weight is 438 g/mol. The van der Waals surface area contributed by atoms with Crippen molar-refractivity contribution >= 4 is 17.8 Å². The highest BCUT2D eigenvalue weighted by atomic mass is 16.5. The Kier molecular flexibility index (Phi) is 6.27. The number of ether oxygens (including phenoxy) is 1. The summed E-state index contributed by atoms with van der Waals surface area (Å²) in [4.78, 5) is 42.4. The highest BCUT2D eigenvalue weighted by Gasteiger charge is 2.34. The highest BCUT2D eigenvalue weighted by Crippen LogP contribution is 2.33. The molecule has 2 heterocycles. The van der Waals surface area contributed by atoms with Gasteiger partial charge < -0.3 is 19.4 Å². The summed E-state index contributed by atoms with van der Waals surface area (Å²) >= 11 is 0. The average Bonchev–Trinajstić information content (AvgIpc) is 3.03. The fraction of sp³-hybridized carbons (Fsp3) is 0.348. The molecule has 0 aromatic heterocycles. The lowest BCUT2D eigenvalue weighted by atomic mass is 10.1. The van der Waals surface area contributed by atoms with Gasteiger partial charge in [-0.05, 0) is 17.7 Å². The lowest BCUT2D eigenvalue weighted by molar-refractivity contribution is -0.130. The van der Waals surface area contributed by atoms with Gasteiger partial charge in [0.05, 0.1) is 12.6 Å². The van der Waals surface area contributed by atoms with Gasteiger partial charge in [-0.25, -0.2) is 10.3 Å². The normalized spacial score (nSPS) is 18.3. The minimum atomic E-state index is -0.628. The second kappa shape index (κ2) is 9.27. The molecule has 2 aliphatic rings. The molecule has 0 saturated carbocycles. The van der Waals surface area contributed by atoms with Crippen LogP contribution in [-0.2, 0) is 11.3 Å². The Morgan fingerprint density at radius 3 is 2.34 bits per heavy atom. The number of carbonyl (C=O) groups is 3. The van der Waals surface area contributed by atoms with Crippen LogP contribution in [0, 0.1) is 0 Å². The molecule has 1 saturated heterocycles. The van der Waals surface area contributed by atoms with Crippen LogP contribution in [0.5, 0.6) is 5.75 Å². The Morgan fingerprint density at radius 2 is 1.69 bits per heavy atom. The van der Waals surface area contributed by atoms with Crippen molar-refractivity contribution in [1.29, 1.82) is 0 Å². The van der Waals surface area contributed by atoms with E-state index in [0.717, 1.165) is 11.1 Å². The largest absolute Gasteiger partial charge is 0.491 e. The third-order valence-electron chi connectivity index (χ3n) is 5.97. The summed E-state index contributed by atoms with van der Waals surface area (Å²) in [6, 6.07) is 14.1. The maximum Gasteiger partial charge on any atom is 0.321 e. The third kappa shape index (κ3) is 4.38. The fourth-order valence-corrected chi connectivity index (χ4v) is 4.12.